The summed E-state index contributed by atoms with van der Waals surface area (Å²) in [7, 11) is 1.65. The van der Waals surface area contributed by atoms with Crippen LogP contribution in [0.5, 0.6) is 0 Å². The molecule has 0 aromatic heterocycles. The Balaban J connectivity index is 1.84. The van der Waals surface area contributed by atoms with Gasteiger partial charge in [0, 0.05) is 19.2 Å². The number of benzene rings is 2. The number of carbonyl (C=O) groups is 2. The van der Waals surface area contributed by atoms with Crippen LogP contribution in [0.1, 0.15) is 23.6 Å². The number of rotatable bonds is 4. The fourth-order valence-electron chi connectivity index (χ4n) is 3.20. The van der Waals surface area contributed by atoms with Gasteiger partial charge in [-0.2, -0.15) is 0 Å². The number of hydrogen-bond donors (Lipinski definition) is 2. The topological polar surface area (TPSA) is 69.6 Å². The molecule has 0 aliphatic carbocycles. The molecule has 1 aliphatic heterocycles. The molecule has 1 saturated heterocycles. The monoisotopic (exact) mass is 342 g/mol. The highest BCUT2D eigenvalue weighted by Crippen LogP contribution is 2.37. The first-order valence-corrected chi connectivity index (χ1v) is 8.01. The van der Waals surface area contributed by atoms with Crippen LogP contribution < -0.4 is 5.32 Å². The van der Waals surface area contributed by atoms with Crippen LogP contribution in [0.2, 0.25) is 0 Å². The van der Waals surface area contributed by atoms with E-state index in [1.165, 1.54) is 17.0 Å². The maximum atomic E-state index is 13.2. The third-order valence-corrected chi connectivity index (χ3v) is 4.51. The number of nitrogens with one attached hydrogen (secondary N) is 1. The van der Waals surface area contributed by atoms with E-state index in [4.69, 9.17) is 0 Å². The van der Waals surface area contributed by atoms with E-state index in [1.807, 2.05) is 0 Å². The lowest BCUT2D eigenvalue weighted by Gasteiger charge is -2.25. The molecule has 2 N–H and O–H groups in total. The SMILES string of the molecule is CN1C(=O)CC(C(=O)Nc2cccc(CO)c2)C1c1ccc(F)cc1. The first-order valence-electron chi connectivity index (χ1n) is 8.01. The van der Waals surface area contributed by atoms with Crippen LogP contribution >= 0.6 is 0 Å². The highest BCUT2D eigenvalue weighted by atomic mass is 19.1. The molecule has 2 aromatic carbocycles. The van der Waals surface area contributed by atoms with Gasteiger partial charge in [-0.05, 0) is 35.4 Å². The lowest BCUT2D eigenvalue weighted by atomic mass is 9.92. The van der Waals surface area contributed by atoms with Gasteiger partial charge in [0.05, 0.1) is 18.6 Å². The summed E-state index contributed by atoms with van der Waals surface area (Å²) in [5.41, 5.74) is 1.97. The van der Waals surface area contributed by atoms with Crippen molar-refractivity contribution < 1.29 is 19.1 Å². The number of anilines is 1. The zero-order chi connectivity index (χ0) is 18.0. The summed E-state index contributed by atoms with van der Waals surface area (Å²) in [6.45, 7) is -0.118. The van der Waals surface area contributed by atoms with Crippen LogP contribution in [0.15, 0.2) is 48.5 Å². The Bertz CT molecular complexity index is 792. The second-order valence-electron chi connectivity index (χ2n) is 6.16. The Morgan fingerprint density at radius 3 is 2.68 bits per heavy atom. The minimum Gasteiger partial charge on any atom is -0.392 e. The van der Waals surface area contributed by atoms with Crippen molar-refractivity contribution in [3.63, 3.8) is 0 Å². The number of hydrogen-bond acceptors (Lipinski definition) is 3. The number of nitrogens with zero attached hydrogens (tertiary/aromatic N) is 1. The van der Waals surface area contributed by atoms with E-state index < -0.39 is 12.0 Å². The van der Waals surface area contributed by atoms with Crippen molar-refractivity contribution in [2.45, 2.75) is 19.1 Å². The molecule has 2 unspecified atom stereocenters. The molecule has 0 bridgehead atoms. The molecule has 2 amide bonds. The van der Waals surface area contributed by atoms with E-state index >= 15 is 0 Å². The maximum Gasteiger partial charge on any atom is 0.230 e. The van der Waals surface area contributed by atoms with Crippen LogP contribution in [-0.4, -0.2) is 28.9 Å². The molecule has 1 fully saturated rings. The van der Waals surface area contributed by atoms with Crippen LogP contribution in [0.25, 0.3) is 0 Å². The molecule has 1 heterocycles. The summed E-state index contributed by atoms with van der Waals surface area (Å²) in [5, 5.41) is 12.0. The zero-order valence-corrected chi connectivity index (χ0v) is 13.8. The number of aliphatic hydroxyl groups is 1. The van der Waals surface area contributed by atoms with Crippen molar-refractivity contribution in [3.8, 4) is 0 Å². The Hall–Kier alpha value is -2.73. The van der Waals surface area contributed by atoms with Crippen molar-refractivity contribution in [2.75, 3.05) is 12.4 Å². The molecular formula is C19H19FN2O3. The lowest BCUT2D eigenvalue weighted by Crippen LogP contribution is -2.30. The molecular weight excluding hydrogens is 323 g/mol. The third-order valence-electron chi connectivity index (χ3n) is 4.51. The van der Waals surface area contributed by atoms with Gasteiger partial charge in [-0.3, -0.25) is 9.59 Å². The third kappa shape index (κ3) is 3.53. The van der Waals surface area contributed by atoms with E-state index in [0.717, 1.165) is 5.56 Å². The molecule has 0 spiro atoms. The second kappa shape index (κ2) is 7.03. The summed E-state index contributed by atoms with van der Waals surface area (Å²) in [6.07, 6.45) is 0.101. The summed E-state index contributed by atoms with van der Waals surface area (Å²) < 4.78 is 13.2. The average molecular weight is 342 g/mol. The normalized spacial score (nSPS) is 20.0. The molecule has 5 nitrogen and oxygen atoms in total. The molecule has 25 heavy (non-hydrogen) atoms. The van der Waals surface area contributed by atoms with Gasteiger partial charge in [0.2, 0.25) is 11.8 Å². The number of likely N-dealkylation sites (tertiary alicyclic amines) is 1. The molecule has 1 aliphatic rings. The van der Waals surface area contributed by atoms with E-state index in [2.05, 4.69) is 5.32 Å². The van der Waals surface area contributed by atoms with Crippen molar-refractivity contribution in [2.24, 2.45) is 5.92 Å². The Labute approximate surface area is 145 Å². The predicted octanol–water partition coefficient (Wildman–Crippen LogP) is 2.48. The van der Waals surface area contributed by atoms with E-state index in [1.54, 1.807) is 43.4 Å². The van der Waals surface area contributed by atoms with Gasteiger partial charge in [0.15, 0.2) is 0 Å². The predicted molar refractivity (Wildman–Crippen MR) is 91.0 cm³/mol. The largest absolute Gasteiger partial charge is 0.392 e. The van der Waals surface area contributed by atoms with E-state index in [0.29, 0.717) is 11.3 Å². The lowest BCUT2D eigenvalue weighted by molar-refractivity contribution is -0.127. The summed E-state index contributed by atoms with van der Waals surface area (Å²) in [6, 6.07) is 12.3. The fraction of sp³-hybridized carbons (Fsp3) is 0.263. The second-order valence-corrected chi connectivity index (χ2v) is 6.16. The van der Waals surface area contributed by atoms with Crippen LogP contribution in [0, 0.1) is 11.7 Å². The summed E-state index contributed by atoms with van der Waals surface area (Å²) >= 11 is 0. The first kappa shape index (κ1) is 17.1. The first-order chi connectivity index (χ1) is 12.0. The maximum absolute atomic E-state index is 13.2. The van der Waals surface area contributed by atoms with Gasteiger partial charge in [-0.1, -0.05) is 24.3 Å². The van der Waals surface area contributed by atoms with Crippen molar-refractivity contribution in [3.05, 3.63) is 65.5 Å². The number of halogens is 1. The summed E-state index contributed by atoms with van der Waals surface area (Å²) in [5.74, 6) is -1.33. The summed E-state index contributed by atoms with van der Waals surface area (Å²) in [4.78, 5) is 26.4. The molecule has 3 rings (SSSR count). The van der Waals surface area contributed by atoms with Gasteiger partial charge in [-0.15, -0.1) is 0 Å². The number of carbonyl (C=O) groups excluding carboxylic acids is 2. The van der Waals surface area contributed by atoms with Crippen LogP contribution in [0.3, 0.4) is 0 Å². The van der Waals surface area contributed by atoms with Gasteiger partial charge in [0.25, 0.3) is 0 Å². The minimum absolute atomic E-state index is 0.101. The zero-order valence-electron chi connectivity index (χ0n) is 13.8. The molecule has 130 valence electrons. The molecule has 6 heteroatoms. The Morgan fingerprint density at radius 1 is 1.28 bits per heavy atom. The van der Waals surface area contributed by atoms with Gasteiger partial charge in [0.1, 0.15) is 5.82 Å². The van der Waals surface area contributed by atoms with Gasteiger partial charge >= 0.3 is 0 Å². The molecule has 0 radical (unpaired) electrons. The number of aliphatic hydroxyl groups excluding tert-OH is 1. The van der Waals surface area contributed by atoms with Gasteiger partial charge in [-0.25, -0.2) is 4.39 Å². The van der Waals surface area contributed by atoms with Crippen LogP contribution in [0.4, 0.5) is 10.1 Å². The van der Waals surface area contributed by atoms with E-state index in [-0.39, 0.29) is 30.7 Å². The minimum atomic E-state index is -0.569. The van der Waals surface area contributed by atoms with E-state index in [9.17, 15) is 19.1 Å². The average Bonchev–Trinajstić information content (AvgIpc) is 2.91. The highest BCUT2D eigenvalue weighted by molar-refractivity contribution is 5.98. The van der Waals surface area contributed by atoms with Gasteiger partial charge < -0.3 is 15.3 Å². The van der Waals surface area contributed by atoms with Crippen molar-refractivity contribution in [1.29, 1.82) is 0 Å². The number of amides is 2. The molecule has 2 atom stereocenters. The fourth-order valence-corrected chi connectivity index (χ4v) is 3.20. The Morgan fingerprint density at radius 2 is 2.00 bits per heavy atom. The van der Waals surface area contributed by atoms with Crippen molar-refractivity contribution >= 4 is 17.5 Å². The van der Waals surface area contributed by atoms with Crippen molar-refractivity contribution in [1.82, 2.24) is 4.90 Å². The molecule has 2 aromatic rings. The molecule has 0 saturated carbocycles. The Kier molecular flexibility index (Phi) is 4.81. The standard InChI is InChI=1S/C19H19FN2O3/c1-22-17(24)10-16(18(22)13-5-7-14(20)8-6-13)19(25)21-15-4-2-3-12(9-15)11-23/h2-9,16,18,23H,10-11H2,1H3,(H,21,25). The van der Waals surface area contributed by atoms with Crippen LogP contribution in [-0.2, 0) is 16.2 Å². The smallest absolute Gasteiger partial charge is 0.230 e. The highest BCUT2D eigenvalue weighted by Gasteiger charge is 2.42. The quantitative estimate of drug-likeness (QED) is 0.897.